The van der Waals surface area contributed by atoms with Crippen LogP contribution in [0.1, 0.15) is 13.8 Å². The van der Waals surface area contributed by atoms with Gasteiger partial charge in [-0.05, 0) is 13.8 Å². The lowest BCUT2D eigenvalue weighted by Crippen LogP contribution is -2.41. The molecule has 0 aromatic carbocycles. The van der Waals surface area contributed by atoms with Gasteiger partial charge in [-0.3, -0.25) is 14.4 Å². The highest BCUT2D eigenvalue weighted by molar-refractivity contribution is 6.19. The molecule has 5 atom stereocenters. The van der Waals surface area contributed by atoms with E-state index >= 15 is 0 Å². The Morgan fingerprint density at radius 2 is 1.86 bits per heavy atom. The minimum absolute atomic E-state index is 0.177. The number of hydrogen-bond donors (Lipinski definition) is 0. The van der Waals surface area contributed by atoms with E-state index in [2.05, 4.69) is 0 Å². The van der Waals surface area contributed by atoms with Crippen LogP contribution in [0.15, 0.2) is 11.6 Å². The van der Waals surface area contributed by atoms with E-state index in [9.17, 15) is 14.4 Å². The van der Waals surface area contributed by atoms with E-state index in [1.807, 2.05) is 6.92 Å². The molecule has 1 saturated heterocycles. The average Bonchev–Trinajstić information content (AvgIpc) is 3.30. The molecule has 4 aliphatic rings. The summed E-state index contributed by atoms with van der Waals surface area (Å²) < 4.78 is 15.4. The second-order valence-corrected chi connectivity index (χ2v) is 6.55. The molecule has 4 unspecified atom stereocenters. The number of carbonyl (C=O) groups excluding carboxylic acids is 3. The van der Waals surface area contributed by atoms with Gasteiger partial charge in [0.15, 0.2) is 11.4 Å². The van der Waals surface area contributed by atoms with Crippen LogP contribution in [0.5, 0.6) is 0 Å². The first-order chi connectivity index (χ1) is 9.82. The van der Waals surface area contributed by atoms with Gasteiger partial charge in [-0.1, -0.05) is 11.6 Å². The third-order valence-corrected chi connectivity index (χ3v) is 6.24. The minimum Gasteiger partial charge on any atom is -0.469 e. The Morgan fingerprint density at radius 1 is 1.29 bits per heavy atom. The Hall–Kier alpha value is -1.69. The van der Waals surface area contributed by atoms with Crippen molar-refractivity contribution >= 4 is 17.7 Å². The van der Waals surface area contributed by atoms with Crippen molar-refractivity contribution in [3.8, 4) is 0 Å². The summed E-state index contributed by atoms with van der Waals surface area (Å²) in [5, 5.41) is 0. The number of rotatable bonds is 2. The zero-order valence-corrected chi connectivity index (χ0v) is 12.3. The summed E-state index contributed by atoms with van der Waals surface area (Å²) in [5.74, 6) is -1.70. The van der Waals surface area contributed by atoms with Gasteiger partial charge in [0, 0.05) is 5.92 Å². The Bertz CT molecular complexity index is 659. The third-order valence-electron chi connectivity index (χ3n) is 6.24. The number of methoxy groups -OCH3 is 2. The zero-order valence-electron chi connectivity index (χ0n) is 12.3. The molecule has 112 valence electrons. The Kier molecular flexibility index (Phi) is 1.90. The Labute approximate surface area is 121 Å². The van der Waals surface area contributed by atoms with Crippen LogP contribution in [0, 0.1) is 22.2 Å². The summed E-state index contributed by atoms with van der Waals surface area (Å²) in [5.41, 5.74) is -3.71. The summed E-state index contributed by atoms with van der Waals surface area (Å²) in [6, 6.07) is 0. The fraction of sp³-hybridized carbons (Fsp3) is 0.667. The van der Waals surface area contributed by atoms with Crippen LogP contribution in [0.3, 0.4) is 0 Å². The number of hydrogen-bond acceptors (Lipinski definition) is 6. The fourth-order valence-electron chi connectivity index (χ4n) is 5.55. The first kappa shape index (κ1) is 13.0. The predicted octanol–water partition coefficient (Wildman–Crippen LogP) is 0.253. The zero-order chi connectivity index (χ0) is 15.4. The number of esters is 2. The standard InChI is InChI=1S/C15H16O6/c1-7-5-14(10(17)19-3)12(2)9(16)13(6-21-13)8(7)15(12,14)11(18)20-4/h5,8H,6H2,1-4H3/t8?,12?,13-,14?,15?/m0/s1. The number of ether oxygens (including phenoxy) is 3. The molecule has 1 spiro atoms. The number of ketones is 1. The van der Waals surface area contributed by atoms with E-state index in [4.69, 9.17) is 14.2 Å². The molecule has 0 bridgehead atoms. The van der Waals surface area contributed by atoms with Gasteiger partial charge in [-0.25, -0.2) is 0 Å². The van der Waals surface area contributed by atoms with E-state index in [1.165, 1.54) is 14.2 Å². The molecule has 6 heteroatoms. The maximum absolute atomic E-state index is 12.9. The van der Waals surface area contributed by atoms with Crippen molar-refractivity contribution in [2.24, 2.45) is 22.2 Å². The highest BCUT2D eigenvalue weighted by atomic mass is 16.6. The molecule has 3 fully saturated rings. The molecule has 0 N–H and O–H groups in total. The molecule has 1 heterocycles. The minimum atomic E-state index is -1.25. The van der Waals surface area contributed by atoms with E-state index in [1.54, 1.807) is 13.0 Å². The largest absolute Gasteiger partial charge is 0.469 e. The molecular weight excluding hydrogens is 276 g/mol. The lowest BCUT2D eigenvalue weighted by atomic mass is 9.78. The molecule has 6 nitrogen and oxygen atoms in total. The average molecular weight is 292 g/mol. The van der Waals surface area contributed by atoms with Crippen molar-refractivity contribution in [1.29, 1.82) is 0 Å². The summed E-state index contributed by atoms with van der Waals surface area (Å²) in [6.45, 7) is 3.79. The van der Waals surface area contributed by atoms with E-state index < -0.39 is 39.7 Å². The van der Waals surface area contributed by atoms with Crippen molar-refractivity contribution in [2.45, 2.75) is 19.4 Å². The van der Waals surface area contributed by atoms with Gasteiger partial charge in [-0.15, -0.1) is 0 Å². The first-order valence-corrected chi connectivity index (χ1v) is 6.88. The topological polar surface area (TPSA) is 82.2 Å². The molecule has 0 aromatic rings. The molecule has 3 aliphatic carbocycles. The number of fused-ring (bicyclic) bond motifs is 2. The fourth-order valence-corrected chi connectivity index (χ4v) is 5.55. The third kappa shape index (κ3) is 0.815. The van der Waals surface area contributed by atoms with Gasteiger partial charge in [0.25, 0.3) is 0 Å². The van der Waals surface area contributed by atoms with Crippen LogP contribution in [-0.2, 0) is 28.6 Å². The van der Waals surface area contributed by atoms with Crippen LogP contribution in [0.4, 0.5) is 0 Å². The van der Waals surface area contributed by atoms with Crippen LogP contribution in [0.25, 0.3) is 0 Å². The highest BCUT2D eigenvalue weighted by Gasteiger charge is 3.06. The summed E-state index contributed by atoms with van der Waals surface area (Å²) >= 11 is 0. The normalized spacial score (nSPS) is 51.5. The van der Waals surface area contributed by atoms with E-state index in [0.29, 0.717) is 6.61 Å². The van der Waals surface area contributed by atoms with Gasteiger partial charge in [0.2, 0.25) is 0 Å². The maximum atomic E-state index is 12.9. The van der Waals surface area contributed by atoms with E-state index in [-0.39, 0.29) is 5.78 Å². The molecule has 0 aromatic heterocycles. The second-order valence-electron chi connectivity index (χ2n) is 6.55. The first-order valence-electron chi connectivity index (χ1n) is 6.88. The van der Waals surface area contributed by atoms with Crippen molar-refractivity contribution in [3.05, 3.63) is 11.6 Å². The van der Waals surface area contributed by atoms with Crippen molar-refractivity contribution < 1.29 is 28.6 Å². The molecule has 21 heavy (non-hydrogen) atoms. The van der Waals surface area contributed by atoms with Crippen molar-refractivity contribution in [3.63, 3.8) is 0 Å². The monoisotopic (exact) mass is 292 g/mol. The van der Waals surface area contributed by atoms with Gasteiger partial charge >= 0.3 is 11.9 Å². The lowest BCUT2D eigenvalue weighted by molar-refractivity contribution is -0.157. The van der Waals surface area contributed by atoms with Crippen molar-refractivity contribution in [2.75, 3.05) is 20.8 Å². The lowest BCUT2D eigenvalue weighted by Gasteiger charge is -2.24. The number of Topliss-reactive ketones (excluding diaryl/α,β-unsaturated/α-hetero) is 1. The number of epoxide rings is 1. The summed E-state index contributed by atoms with van der Waals surface area (Å²) in [6.07, 6.45) is 1.73. The second kappa shape index (κ2) is 3.06. The van der Waals surface area contributed by atoms with Crippen LogP contribution in [-0.4, -0.2) is 44.1 Å². The van der Waals surface area contributed by atoms with Crippen LogP contribution >= 0.6 is 0 Å². The van der Waals surface area contributed by atoms with Crippen LogP contribution < -0.4 is 0 Å². The quantitative estimate of drug-likeness (QED) is 0.412. The number of carbonyl (C=O) groups is 3. The molecule has 1 aliphatic heterocycles. The Morgan fingerprint density at radius 3 is 2.33 bits per heavy atom. The predicted molar refractivity (Wildman–Crippen MR) is 67.9 cm³/mol. The van der Waals surface area contributed by atoms with Crippen LogP contribution in [0.2, 0.25) is 0 Å². The van der Waals surface area contributed by atoms with Crippen molar-refractivity contribution in [1.82, 2.24) is 0 Å². The highest BCUT2D eigenvalue weighted by Crippen LogP contribution is 2.93. The molecular formula is C15H16O6. The molecule has 0 amide bonds. The SMILES string of the molecule is COC(=O)C12C=C(C)C3C1(C(=O)OC)C2(C)C(=O)[C@]31CO1. The van der Waals surface area contributed by atoms with Gasteiger partial charge in [0.05, 0.1) is 26.2 Å². The smallest absolute Gasteiger partial charge is 0.317 e. The summed E-state index contributed by atoms with van der Waals surface area (Å²) in [4.78, 5) is 38.0. The van der Waals surface area contributed by atoms with Gasteiger partial charge < -0.3 is 14.2 Å². The van der Waals surface area contributed by atoms with Gasteiger partial charge in [-0.2, -0.15) is 0 Å². The molecule has 4 rings (SSSR count). The Balaban J connectivity index is 2.02. The molecule has 2 saturated carbocycles. The van der Waals surface area contributed by atoms with E-state index in [0.717, 1.165) is 5.57 Å². The molecule has 0 radical (unpaired) electrons. The maximum Gasteiger partial charge on any atom is 0.317 e. The summed E-state index contributed by atoms with van der Waals surface area (Å²) in [7, 11) is 2.54. The van der Waals surface area contributed by atoms with Gasteiger partial charge in [0.1, 0.15) is 10.8 Å².